The van der Waals surface area contributed by atoms with E-state index in [0.29, 0.717) is 25.9 Å². The van der Waals surface area contributed by atoms with E-state index in [1.54, 1.807) is 4.90 Å². The number of rotatable bonds is 3. The lowest BCUT2D eigenvalue weighted by molar-refractivity contribution is -0.117. The van der Waals surface area contributed by atoms with E-state index < -0.39 is 6.09 Å². The maximum Gasteiger partial charge on any atom is 0.407 e. The predicted octanol–water partition coefficient (Wildman–Crippen LogP) is 1.16. The third-order valence-corrected chi connectivity index (χ3v) is 4.18. The van der Waals surface area contributed by atoms with Crippen LogP contribution in [0.1, 0.15) is 19.8 Å². The fourth-order valence-electron chi connectivity index (χ4n) is 3.01. The van der Waals surface area contributed by atoms with E-state index in [-0.39, 0.29) is 11.9 Å². The number of benzene rings is 1. The first kappa shape index (κ1) is 15.9. The lowest BCUT2D eigenvalue weighted by Gasteiger charge is -2.37. The van der Waals surface area contributed by atoms with Crippen LogP contribution in [0.3, 0.4) is 0 Å². The average Bonchev–Trinajstić information content (AvgIpc) is 3.10. The molecule has 1 saturated heterocycles. The summed E-state index contributed by atoms with van der Waals surface area (Å²) in [6, 6.07) is 7.38. The Kier molecular flexibility index (Phi) is 4.41. The number of carbonyl (C=O) groups excluding carboxylic acids is 1. The standard InChI is InChI=1S/C15H18N6O3/c1-11(22)21(14-6-8-19(9-7-14)15(23)24)13-4-2-12(3-5-13)20-10-16-17-18-20/h2-5,10,14H,6-9H2,1H3,(H,23,24). The molecule has 9 heteroatoms. The number of aromatic nitrogens is 4. The van der Waals surface area contributed by atoms with E-state index in [2.05, 4.69) is 15.5 Å². The van der Waals surface area contributed by atoms with Crippen molar-refractivity contribution in [2.45, 2.75) is 25.8 Å². The minimum absolute atomic E-state index is 0.00279. The van der Waals surface area contributed by atoms with Gasteiger partial charge in [-0.3, -0.25) is 4.79 Å². The van der Waals surface area contributed by atoms with Crippen molar-refractivity contribution in [3.63, 3.8) is 0 Å². The Morgan fingerprint density at radius 3 is 2.38 bits per heavy atom. The van der Waals surface area contributed by atoms with Crippen molar-refractivity contribution in [1.29, 1.82) is 0 Å². The number of carboxylic acid groups (broad SMARTS) is 1. The van der Waals surface area contributed by atoms with Gasteiger partial charge in [-0.1, -0.05) is 0 Å². The second-order valence-electron chi connectivity index (χ2n) is 5.66. The fourth-order valence-corrected chi connectivity index (χ4v) is 3.01. The van der Waals surface area contributed by atoms with Crippen LogP contribution in [-0.2, 0) is 4.79 Å². The summed E-state index contributed by atoms with van der Waals surface area (Å²) in [7, 11) is 0. The maximum absolute atomic E-state index is 12.1. The van der Waals surface area contributed by atoms with Gasteiger partial charge in [0.2, 0.25) is 5.91 Å². The largest absolute Gasteiger partial charge is 0.465 e. The normalized spacial score (nSPS) is 15.3. The molecule has 0 atom stereocenters. The highest BCUT2D eigenvalue weighted by Gasteiger charge is 2.29. The quantitative estimate of drug-likeness (QED) is 0.905. The molecule has 0 bridgehead atoms. The topological polar surface area (TPSA) is 104 Å². The Morgan fingerprint density at radius 1 is 1.21 bits per heavy atom. The number of hydrogen-bond donors (Lipinski definition) is 1. The summed E-state index contributed by atoms with van der Waals surface area (Å²) in [6.45, 7) is 2.40. The van der Waals surface area contributed by atoms with E-state index in [9.17, 15) is 9.59 Å². The second-order valence-corrected chi connectivity index (χ2v) is 5.66. The SMILES string of the molecule is CC(=O)N(c1ccc(-n2cnnn2)cc1)C1CCN(C(=O)O)CC1. The first-order chi connectivity index (χ1) is 11.6. The third-order valence-electron chi connectivity index (χ3n) is 4.18. The summed E-state index contributed by atoms with van der Waals surface area (Å²) >= 11 is 0. The summed E-state index contributed by atoms with van der Waals surface area (Å²) in [5.74, 6) is -0.0565. The first-order valence-electron chi connectivity index (χ1n) is 7.67. The van der Waals surface area contributed by atoms with Gasteiger partial charge in [-0.2, -0.15) is 0 Å². The molecule has 0 radical (unpaired) electrons. The Morgan fingerprint density at radius 2 is 1.88 bits per heavy atom. The lowest BCUT2D eigenvalue weighted by atomic mass is 10.0. The molecule has 1 N–H and O–H groups in total. The molecule has 1 aliphatic heterocycles. The first-order valence-corrected chi connectivity index (χ1v) is 7.67. The maximum atomic E-state index is 12.1. The summed E-state index contributed by atoms with van der Waals surface area (Å²) in [5, 5.41) is 20.1. The Balaban J connectivity index is 1.77. The van der Waals surface area contributed by atoms with Crippen molar-refractivity contribution in [2.75, 3.05) is 18.0 Å². The number of hydrogen-bond acceptors (Lipinski definition) is 5. The van der Waals surface area contributed by atoms with Crippen LogP contribution in [0.25, 0.3) is 5.69 Å². The van der Waals surface area contributed by atoms with Crippen LogP contribution in [0.2, 0.25) is 0 Å². The van der Waals surface area contributed by atoms with Gasteiger partial charge in [0, 0.05) is 31.7 Å². The Labute approximate surface area is 138 Å². The zero-order valence-electron chi connectivity index (χ0n) is 13.2. The number of piperidine rings is 1. The molecule has 1 fully saturated rings. The molecule has 1 aromatic carbocycles. The fraction of sp³-hybridized carbons (Fsp3) is 0.400. The van der Waals surface area contributed by atoms with E-state index in [0.717, 1.165) is 11.4 Å². The smallest absolute Gasteiger partial charge is 0.407 e. The van der Waals surface area contributed by atoms with Gasteiger partial charge in [-0.15, -0.1) is 5.10 Å². The molecule has 3 rings (SSSR count). The van der Waals surface area contributed by atoms with Gasteiger partial charge in [0.25, 0.3) is 0 Å². The predicted molar refractivity (Wildman–Crippen MR) is 84.9 cm³/mol. The summed E-state index contributed by atoms with van der Waals surface area (Å²) in [6.07, 6.45) is 1.84. The number of tetrazole rings is 1. The van der Waals surface area contributed by atoms with Gasteiger partial charge in [-0.25, -0.2) is 9.48 Å². The van der Waals surface area contributed by atoms with Crippen molar-refractivity contribution >= 4 is 17.7 Å². The summed E-state index contributed by atoms with van der Waals surface area (Å²) in [5.41, 5.74) is 1.58. The van der Waals surface area contributed by atoms with Crippen LogP contribution in [0.4, 0.5) is 10.5 Å². The highest BCUT2D eigenvalue weighted by molar-refractivity contribution is 5.92. The highest BCUT2D eigenvalue weighted by atomic mass is 16.4. The number of carbonyl (C=O) groups is 2. The monoisotopic (exact) mass is 330 g/mol. The highest BCUT2D eigenvalue weighted by Crippen LogP contribution is 2.25. The van der Waals surface area contributed by atoms with Crippen LogP contribution >= 0.6 is 0 Å². The molecule has 2 amide bonds. The molecule has 2 aromatic rings. The van der Waals surface area contributed by atoms with Crippen LogP contribution in [-0.4, -0.2) is 61.3 Å². The number of amides is 2. The molecule has 0 unspecified atom stereocenters. The lowest BCUT2D eigenvalue weighted by Crippen LogP contribution is -2.48. The molecule has 9 nitrogen and oxygen atoms in total. The number of nitrogens with zero attached hydrogens (tertiary/aromatic N) is 6. The van der Waals surface area contributed by atoms with Gasteiger partial charge in [-0.05, 0) is 47.5 Å². The van der Waals surface area contributed by atoms with Gasteiger partial charge < -0.3 is 14.9 Å². The van der Waals surface area contributed by atoms with E-state index in [1.165, 1.54) is 22.8 Å². The molecule has 1 aliphatic rings. The van der Waals surface area contributed by atoms with Crippen LogP contribution in [0.5, 0.6) is 0 Å². The molecule has 0 saturated carbocycles. The van der Waals surface area contributed by atoms with Crippen LogP contribution in [0.15, 0.2) is 30.6 Å². The number of anilines is 1. The van der Waals surface area contributed by atoms with Crippen molar-refractivity contribution in [3.05, 3.63) is 30.6 Å². The average molecular weight is 330 g/mol. The van der Waals surface area contributed by atoms with E-state index in [4.69, 9.17) is 5.11 Å². The molecule has 24 heavy (non-hydrogen) atoms. The number of likely N-dealkylation sites (tertiary alicyclic amines) is 1. The van der Waals surface area contributed by atoms with Crippen molar-refractivity contribution < 1.29 is 14.7 Å². The molecule has 0 spiro atoms. The Bertz CT molecular complexity index is 707. The minimum Gasteiger partial charge on any atom is -0.465 e. The van der Waals surface area contributed by atoms with Crippen molar-refractivity contribution in [1.82, 2.24) is 25.1 Å². The minimum atomic E-state index is -0.909. The van der Waals surface area contributed by atoms with Gasteiger partial charge in [0.05, 0.1) is 5.69 Å². The van der Waals surface area contributed by atoms with Crippen molar-refractivity contribution in [3.8, 4) is 5.69 Å². The third kappa shape index (κ3) is 3.19. The van der Waals surface area contributed by atoms with Crippen LogP contribution < -0.4 is 4.90 Å². The molecular formula is C15H18N6O3. The summed E-state index contributed by atoms with van der Waals surface area (Å²) in [4.78, 5) is 26.3. The summed E-state index contributed by atoms with van der Waals surface area (Å²) < 4.78 is 1.53. The van der Waals surface area contributed by atoms with Gasteiger partial charge >= 0.3 is 6.09 Å². The Hall–Kier alpha value is -2.97. The van der Waals surface area contributed by atoms with Gasteiger partial charge in [0.1, 0.15) is 6.33 Å². The molecule has 126 valence electrons. The van der Waals surface area contributed by atoms with Crippen molar-refractivity contribution in [2.24, 2.45) is 0 Å². The molecule has 1 aromatic heterocycles. The van der Waals surface area contributed by atoms with E-state index >= 15 is 0 Å². The molecule has 0 aliphatic carbocycles. The van der Waals surface area contributed by atoms with E-state index in [1.807, 2.05) is 24.3 Å². The second kappa shape index (κ2) is 6.65. The zero-order valence-corrected chi connectivity index (χ0v) is 13.2. The zero-order chi connectivity index (χ0) is 17.1. The molecule has 2 heterocycles. The molecular weight excluding hydrogens is 312 g/mol. The van der Waals surface area contributed by atoms with Gasteiger partial charge in [0.15, 0.2) is 0 Å². The van der Waals surface area contributed by atoms with Crippen LogP contribution in [0, 0.1) is 0 Å².